The van der Waals surface area contributed by atoms with Crippen molar-refractivity contribution in [2.75, 3.05) is 19.6 Å². The molecule has 1 heterocycles. The summed E-state index contributed by atoms with van der Waals surface area (Å²) in [5.74, 6) is -0.863. The van der Waals surface area contributed by atoms with E-state index in [4.69, 9.17) is 5.11 Å². The standard InChI is InChI=1S/C16H24N2O2/c1-2-3-4-15-12-18(10-9-17-15)11-13-5-7-14(8-6-13)16(19)20/h5-8,15,17H,2-4,9-12H2,1H3,(H,19,20)/t15-/m1/s1. The van der Waals surface area contributed by atoms with Crippen LogP contribution in [0, 0.1) is 0 Å². The zero-order valence-corrected chi connectivity index (χ0v) is 12.1. The molecule has 1 aliphatic heterocycles. The first-order valence-corrected chi connectivity index (χ1v) is 7.47. The number of hydrogen-bond donors (Lipinski definition) is 2. The van der Waals surface area contributed by atoms with E-state index < -0.39 is 5.97 Å². The minimum Gasteiger partial charge on any atom is -0.478 e. The highest BCUT2D eigenvalue weighted by Crippen LogP contribution is 2.12. The van der Waals surface area contributed by atoms with Crippen molar-refractivity contribution < 1.29 is 9.90 Å². The van der Waals surface area contributed by atoms with Crippen LogP contribution in [0.2, 0.25) is 0 Å². The fourth-order valence-corrected chi connectivity index (χ4v) is 2.69. The van der Waals surface area contributed by atoms with Crippen molar-refractivity contribution in [3.05, 3.63) is 35.4 Å². The second kappa shape index (κ2) is 7.41. The molecule has 4 heteroatoms. The van der Waals surface area contributed by atoms with Gasteiger partial charge in [-0.25, -0.2) is 4.79 Å². The Hall–Kier alpha value is -1.39. The molecule has 0 unspecified atom stereocenters. The Morgan fingerprint density at radius 3 is 2.80 bits per heavy atom. The van der Waals surface area contributed by atoms with Crippen molar-refractivity contribution in [1.29, 1.82) is 0 Å². The molecule has 2 N–H and O–H groups in total. The van der Waals surface area contributed by atoms with E-state index >= 15 is 0 Å². The third kappa shape index (κ3) is 4.32. The number of aromatic carboxylic acids is 1. The van der Waals surface area contributed by atoms with Crippen molar-refractivity contribution in [2.45, 2.75) is 38.8 Å². The van der Waals surface area contributed by atoms with E-state index in [1.807, 2.05) is 12.1 Å². The summed E-state index contributed by atoms with van der Waals surface area (Å²) in [5, 5.41) is 12.5. The lowest BCUT2D eigenvalue weighted by molar-refractivity contribution is 0.0697. The summed E-state index contributed by atoms with van der Waals surface area (Å²) < 4.78 is 0. The molecule has 0 spiro atoms. The predicted octanol–water partition coefficient (Wildman–Crippen LogP) is 2.35. The number of carbonyl (C=O) groups is 1. The molecule has 1 aromatic rings. The molecule has 1 aromatic carbocycles. The highest BCUT2D eigenvalue weighted by molar-refractivity contribution is 5.87. The van der Waals surface area contributed by atoms with Gasteiger partial charge < -0.3 is 10.4 Å². The van der Waals surface area contributed by atoms with Crippen LogP contribution in [0.1, 0.15) is 42.1 Å². The molecule has 20 heavy (non-hydrogen) atoms. The van der Waals surface area contributed by atoms with Crippen LogP contribution in [-0.4, -0.2) is 41.7 Å². The van der Waals surface area contributed by atoms with Crippen LogP contribution in [-0.2, 0) is 6.54 Å². The van der Waals surface area contributed by atoms with E-state index in [-0.39, 0.29) is 0 Å². The van der Waals surface area contributed by atoms with Crippen molar-refractivity contribution >= 4 is 5.97 Å². The quantitative estimate of drug-likeness (QED) is 0.837. The van der Waals surface area contributed by atoms with E-state index in [0.29, 0.717) is 11.6 Å². The summed E-state index contributed by atoms with van der Waals surface area (Å²) >= 11 is 0. The topological polar surface area (TPSA) is 52.6 Å². The summed E-state index contributed by atoms with van der Waals surface area (Å²) in [6.07, 6.45) is 3.76. The van der Waals surface area contributed by atoms with Gasteiger partial charge in [0.05, 0.1) is 5.56 Å². The lowest BCUT2D eigenvalue weighted by Gasteiger charge is -2.33. The van der Waals surface area contributed by atoms with Gasteiger partial charge >= 0.3 is 5.97 Å². The minimum atomic E-state index is -0.863. The van der Waals surface area contributed by atoms with E-state index in [1.165, 1.54) is 24.8 Å². The average Bonchev–Trinajstić information content (AvgIpc) is 2.46. The summed E-state index contributed by atoms with van der Waals surface area (Å²) in [6.45, 7) is 6.32. The molecule has 0 bridgehead atoms. The van der Waals surface area contributed by atoms with Gasteiger partial charge in [-0.05, 0) is 24.1 Å². The summed E-state index contributed by atoms with van der Waals surface area (Å²) in [7, 11) is 0. The molecule has 1 saturated heterocycles. The second-order valence-electron chi connectivity index (χ2n) is 5.53. The Bertz CT molecular complexity index is 431. The number of unbranched alkanes of at least 4 members (excludes halogenated alkanes) is 1. The van der Waals surface area contributed by atoms with Gasteiger partial charge in [-0.3, -0.25) is 4.90 Å². The highest BCUT2D eigenvalue weighted by Gasteiger charge is 2.18. The highest BCUT2D eigenvalue weighted by atomic mass is 16.4. The molecule has 0 aromatic heterocycles. The minimum absolute atomic E-state index is 0.356. The number of rotatable bonds is 6. The zero-order chi connectivity index (χ0) is 14.4. The van der Waals surface area contributed by atoms with Gasteiger partial charge in [-0.15, -0.1) is 0 Å². The Labute approximate surface area is 120 Å². The van der Waals surface area contributed by atoms with E-state index in [0.717, 1.165) is 26.2 Å². The largest absolute Gasteiger partial charge is 0.478 e. The van der Waals surface area contributed by atoms with Gasteiger partial charge in [0.1, 0.15) is 0 Å². The Balaban J connectivity index is 1.87. The zero-order valence-electron chi connectivity index (χ0n) is 12.1. The first-order valence-electron chi connectivity index (χ1n) is 7.47. The number of piperazine rings is 1. The molecule has 0 aliphatic carbocycles. The van der Waals surface area contributed by atoms with Crippen LogP contribution in [0.4, 0.5) is 0 Å². The van der Waals surface area contributed by atoms with E-state index in [9.17, 15) is 4.79 Å². The average molecular weight is 276 g/mol. The van der Waals surface area contributed by atoms with Crippen LogP contribution in [0.5, 0.6) is 0 Å². The Kier molecular flexibility index (Phi) is 5.56. The number of hydrogen-bond acceptors (Lipinski definition) is 3. The third-order valence-electron chi connectivity index (χ3n) is 3.85. The fraction of sp³-hybridized carbons (Fsp3) is 0.562. The number of nitrogens with one attached hydrogen (secondary N) is 1. The third-order valence-corrected chi connectivity index (χ3v) is 3.85. The maximum atomic E-state index is 10.8. The number of carboxylic acids is 1. The summed E-state index contributed by atoms with van der Waals surface area (Å²) in [6, 6.07) is 7.82. The lowest BCUT2D eigenvalue weighted by atomic mass is 10.1. The molecule has 2 rings (SSSR count). The fourth-order valence-electron chi connectivity index (χ4n) is 2.69. The molecule has 4 nitrogen and oxygen atoms in total. The number of benzene rings is 1. The second-order valence-corrected chi connectivity index (χ2v) is 5.53. The molecular formula is C16H24N2O2. The molecule has 1 fully saturated rings. The SMILES string of the molecule is CCCC[C@@H]1CN(Cc2ccc(C(=O)O)cc2)CCN1. The number of carboxylic acid groups (broad SMARTS) is 1. The van der Waals surface area contributed by atoms with Crippen molar-refractivity contribution in [2.24, 2.45) is 0 Å². The van der Waals surface area contributed by atoms with Crippen LogP contribution < -0.4 is 5.32 Å². The first-order chi connectivity index (χ1) is 9.69. The summed E-state index contributed by atoms with van der Waals surface area (Å²) in [4.78, 5) is 13.3. The van der Waals surface area contributed by atoms with Gasteiger partial charge in [0.2, 0.25) is 0 Å². The van der Waals surface area contributed by atoms with Crippen LogP contribution in [0.25, 0.3) is 0 Å². The predicted molar refractivity (Wildman–Crippen MR) is 80.0 cm³/mol. The van der Waals surface area contributed by atoms with Crippen molar-refractivity contribution in [3.63, 3.8) is 0 Å². The van der Waals surface area contributed by atoms with Crippen LogP contribution in [0.3, 0.4) is 0 Å². The maximum Gasteiger partial charge on any atom is 0.335 e. The maximum absolute atomic E-state index is 10.8. The van der Waals surface area contributed by atoms with Crippen LogP contribution in [0.15, 0.2) is 24.3 Å². The molecule has 1 atom stereocenters. The molecule has 0 radical (unpaired) electrons. The normalized spacial score (nSPS) is 19.9. The van der Waals surface area contributed by atoms with E-state index in [2.05, 4.69) is 17.1 Å². The van der Waals surface area contributed by atoms with Crippen molar-refractivity contribution in [3.8, 4) is 0 Å². The van der Waals surface area contributed by atoms with Crippen molar-refractivity contribution in [1.82, 2.24) is 10.2 Å². The first kappa shape index (κ1) is 15.0. The smallest absolute Gasteiger partial charge is 0.335 e. The van der Waals surface area contributed by atoms with Gasteiger partial charge in [0.15, 0.2) is 0 Å². The van der Waals surface area contributed by atoms with Gasteiger partial charge in [-0.1, -0.05) is 31.9 Å². The van der Waals surface area contributed by atoms with Gasteiger partial charge in [0, 0.05) is 32.2 Å². The Morgan fingerprint density at radius 1 is 1.40 bits per heavy atom. The number of nitrogens with zero attached hydrogens (tertiary/aromatic N) is 1. The monoisotopic (exact) mass is 276 g/mol. The summed E-state index contributed by atoms with van der Waals surface area (Å²) in [5.41, 5.74) is 1.54. The van der Waals surface area contributed by atoms with Crippen LogP contribution >= 0.6 is 0 Å². The molecule has 0 saturated carbocycles. The Morgan fingerprint density at radius 2 is 2.15 bits per heavy atom. The lowest BCUT2D eigenvalue weighted by Crippen LogP contribution is -2.50. The van der Waals surface area contributed by atoms with Gasteiger partial charge in [0.25, 0.3) is 0 Å². The molecule has 0 amide bonds. The molecule has 1 aliphatic rings. The van der Waals surface area contributed by atoms with E-state index in [1.54, 1.807) is 12.1 Å². The molecule has 110 valence electrons. The van der Waals surface area contributed by atoms with Gasteiger partial charge in [-0.2, -0.15) is 0 Å². The molecular weight excluding hydrogens is 252 g/mol.